The van der Waals surface area contributed by atoms with Gasteiger partial charge in [0.1, 0.15) is 11.5 Å². The largest absolute Gasteiger partial charge is 0.497 e. The summed E-state index contributed by atoms with van der Waals surface area (Å²) in [4.78, 5) is 15.4. The Morgan fingerprint density at radius 3 is 2.55 bits per heavy atom. The third-order valence-electron chi connectivity index (χ3n) is 4.19. The molecule has 29 heavy (non-hydrogen) atoms. The van der Waals surface area contributed by atoms with E-state index in [0.29, 0.717) is 28.8 Å². The standard InChI is InChI=1S/C20H19Br2N3O4/c1-3-4-16(29-13-7-5-12(28-2)6-8-13)19(26)25-24-18-14-9-11(21)10-15(22)17(14)23-20(18)27/h5-10,16,23,27H,3-4H2,1-2H3. The number of aromatic amines is 1. The van der Waals surface area contributed by atoms with Gasteiger partial charge in [-0.25, -0.2) is 0 Å². The van der Waals surface area contributed by atoms with Crippen molar-refractivity contribution >= 4 is 54.4 Å². The Hall–Kier alpha value is -2.39. The molecule has 1 amide bonds. The number of fused-ring (bicyclic) bond motifs is 1. The predicted molar refractivity (Wildman–Crippen MR) is 117 cm³/mol. The van der Waals surface area contributed by atoms with Crippen molar-refractivity contribution in [2.24, 2.45) is 10.2 Å². The number of halogens is 2. The van der Waals surface area contributed by atoms with Crippen molar-refractivity contribution in [1.29, 1.82) is 0 Å². The van der Waals surface area contributed by atoms with Gasteiger partial charge in [-0.05, 0) is 58.7 Å². The second-order valence-electron chi connectivity index (χ2n) is 6.24. The number of nitrogens with zero attached hydrogens (tertiary/aromatic N) is 2. The summed E-state index contributed by atoms with van der Waals surface area (Å²) in [7, 11) is 1.58. The molecule has 9 heteroatoms. The van der Waals surface area contributed by atoms with Crippen molar-refractivity contribution in [2.75, 3.05) is 7.11 Å². The molecule has 0 aliphatic rings. The number of aromatic hydroxyl groups is 1. The highest BCUT2D eigenvalue weighted by atomic mass is 79.9. The van der Waals surface area contributed by atoms with Gasteiger partial charge >= 0.3 is 5.91 Å². The van der Waals surface area contributed by atoms with Gasteiger partial charge in [0, 0.05) is 14.3 Å². The van der Waals surface area contributed by atoms with E-state index in [2.05, 4.69) is 47.1 Å². The minimum Gasteiger partial charge on any atom is -0.497 e. The summed E-state index contributed by atoms with van der Waals surface area (Å²) in [5.74, 6) is 0.544. The van der Waals surface area contributed by atoms with Gasteiger partial charge in [-0.1, -0.05) is 29.3 Å². The number of nitrogens with one attached hydrogen (secondary N) is 1. The van der Waals surface area contributed by atoms with Crippen LogP contribution in [0.5, 0.6) is 17.4 Å². The zero-order chi connectivity index (χ0) is 21.0. The van der Waals surface area contributed by atoms with Crippen LogP contribution in [0.3, 0.4) is 0 Å². The number of amides is 1. The van der Waals surface area contributed by atoms with Crippen molar-refractivity contribution in [3.8, 4) is 17.4 Å². The molecule has 0 saturated carbocycles. The summed E-state index contributed by atoms with van der Waals surface area (Å²) in [6.45, 7) is 1.95. The molecule has 1 aromatic heterocycles. The van der Waals surface area contributed by atoms with Gasteiger partial charge in [0.15, 0.2) is 11.8 Å². The van der Waals surface area contributed by atoms with Crippen LogP contribution in [0.25, 0.3) is 10.9 Å². The number of azo groups is 1. The highest BCUT2D eigenvalue weighted by molar-refractivity contribution is 9.11. The number of hydrogen-bond acceptors (Lipinski definition) is 5. The fraction of sp³-hybridized carbons (Fsp3) is 0.250. The van der Waals surface area contributed by atoms with Crippen molar-refractivity contribution in [2.45, 2.75) is 25.9 Å². The third kappa shape index (κ3) is 4.97. The van der Waals surface area contributed by atoms with E-state index in [1.54, 1.807) is 37.4 Å². The average Bonchev–Trinajstić information content (AvgIpc) is 3.02. The second-order valence-corrected chi connectivity index (χ2v) is 8.01. The molecule has 2 aromatic carbocycles. The number of H-pyrrole nitrogens is 1. The zero-order valence-corrected chi connectivity index (χ0v) is 18.9. The topological polar surface area (TPSA) is 96.3 Å². The van der Waals surface area contributed by atoms with Crippen molar-refractivity contribution in [3.05, 3.63) is 45.3 Å². The van der Waals surface area contributed by atoms with E-state index in [-0.39, 0.29) is 11.6 Å². The highest BCUT2D eigenvalue weighted by Gasteiger charge is 2.21. The van der Waals surface area contributed by atoms with Gasteiger partial charge in [0.25, 0.3) is 0 Å². The van der Waals surface area contributed by atoms with Crippen LogP contribution in [-0.2, 0) is 4.79 Å². The van der Waals surface area contributed by atoms with Crippen LogP contribution >= 0.6 is 31.9 Å². The maximum atomic E-state index is 12.6. The van der Waals surface area contributed by atoms with Gasteiger partial charge in [-0.2, -0.15) is 0 Å². The quantitative estimate of drug-likeness (QED) is 0.356. The third-order valence-corrected chi connectivity index (χ3v) is 5.27. The maximum Gasteiger partial charge on any atom is 0.305 e. The number of ether oxygens (including phenoxy) is 2. The summed E-state index contributed by atoms with van der Waals surface area (Å²) in [5.41, 5.74) is 0.849. The minimum atomic E-state index is -0.775. The molecule has 1 heterocycles. The molecule has 0 radical (unpaired) electrons. The lowest BCUT2D eigenvalue weighted by Gasteiger charge is -2.15. The Morgan fingerprint density at radius 2 is 1.90 bits per heavy atom. The highest BCUT2D eigenvalue weighted by Crippen LogP contribution is 2.40. The molecular weight excluding hydrogens is 506 g/mol. The Kier molecular flexibility index (Phi) is 6.92. The van der Waals surface area contributed by atoms with Crippen molar-refractivity contribution < 1.29 is 19.4 Å². The monoisotopic (exact) mass is 523 g/mol. The summed E-state index contributed by atoms with van der Waals surface area (Å²) in [6, 6.07) is 10.6. The number of hydrogen-bond donors (Lipinski definition) is 2. The number of benzene rings is 2. The van der Waals surface area contributed by atoms with E-state index < -0.39 is 12.0 Å². The Balaban J connectivity index is 1.83. The second kappa shape index (κ2) is 9.41. The first-order valence-electron chi connectivity index (χ1n) is 8.89. The molecule has 3 aromatic rings. The first-order valence-corrected chi connectivity index (χ1v) is 10.5. The average molecular weight is 525 g/mol. The summed E-state index contributed by atoms with van der Waals surface area (Å²) in [5, 5.41) is 18.6. The molecule has 3 rings (SSSR count). The van der Waals surface area contributed by atoms with E-state index in [1.165, 1.54) is 0 Å². The molecular formula is C20H19Br2N3O4. The van der Waals surface area contributed by atoms with Crippen molar-refractivity contribution in [1.82, 2.24) is 4.98 Å². The van der Waals surface area contributed by atoms with Crippen LogP contribution in [0, 0.1) is 0 Å². The summed E-state index contributed by atoms with van der Waals surface area (Å²) in [6.07, 6.45) is 0.448. The van der Waals surface area contributed by atoms with Crippen LogP contribution in [0.1, 0.15) is 19.8 Å². The molecule has 2 N–H and O–H groups in total. The molecule has 0 bridgehead atoms. The molecule has 0 aliphatic carbocycles. The molecule has 0 fully saturated rings. The lowest BCUT2D eigenvalue weighted by atomic mass is 10.2. The molecule has 0 spiro atoms. The number of aromatic nitrogens is 1. The fourth-order valence-electron chi connectivity index (χ4n) is 2.77. The van der Waals surface area contributed by atoms with E-state index in [0.717, 1.165) is 15.4 Å². The Bertz CT molecular complexity index is 1050. The number of rotatable bonds is 7. The van der Waals surface area contributed by atoms with Gasteiger partial charge in [0.2, 0.25) is 5.88 Å². The van der Waals surface area contributed by atoms with Gasteiger partial charge in [-0.3, -0.25) is 4.79 Å². The summed E-state index contributed by atoms with van der Waals surface area (Å²) < 4.78 is 12.5. The van der Waals surface area contributed by atoms with E-state index in [1.807, 2.05) is 13.0 Å². The number of methoxy groups -OCH3 is 1. The minimum absolute atomic E-state index is 0.168. The van der Waals surface area contributed by atoms with Gasteiger partial charge < -0.3 is 19.6 Å². The first-order chi connectivity index (χ1) is 13.9. The van der Waals surface area contributed by atoms with Crippen LogP contribution < -0.4 is 9.47 Å². The van der Waals surface area contributed by atoms with E-state index in [9.17, 15) is 9.90 Å². The van der Waals surface area contributed by atoms with Crippen LogP contribution in [0.4, 0.5) is 5.69 Å². The summed E-state index contributed by atoms with van der Waals surface area (Å²) >= 11 is 6.83. The lowest BCUT2D eigenvalue weighted by molar-refractivity contribution is -0.125. The fourth-order valence-corrected chi connectivity index (χ4v) is 4.10. The van der Waals surface area contributed by atoms with Gasteiger partial charge in [-0.15, -0.1) is 10.2 Å². The van der Waals surface area contributed by atoms with E-state index in [4.69, 9.17) is 9.47 Å². The smallest absolute Gasteiger partial charge is 0.305 e. The zero-order valence-electron chi connectivity index (χ0n) is 15.8. The lowest BCUT2D eigenvalue weighted by Crippen LogP contribution is -2.25. The van der Waals surface area contributed by atoms with Crippen LogP contribution in [0.2, 0.25) is 0 Å². The van der Waals surface area contributed by atoms with Crippen LogP contribution in [0.15, 0.2) is 55.6 Å². The molecule has 7 nitrogen and oxygen atoms in total. The molecule has 1 unspecified atom stereocenters. The van der Waals surface area contributed by atoms with Crippen molar-refractivity contribution in [3.63, 3.8) is 0 Å². The number of carbonyl (C=O) groups is 1. The van der Waals surface area contributed by atoms with Gasteiger partial charge in [0.05, 0.1) is 12.6 Å². The normalized spacial score (nSPS) is 12.4. The van der Waals surface area contributed by atoms with Crippen LogP contribution in [-0.4, -0.2) is 29.2 Å². The molecule has 152 valence electrons. The van der Waals surface area contributed by atoms with E-state index >= 15 is 0 Å². The Labute approximate surface area is 184 Å². The number of carbonyl (C=O) groups excluding carboxylic acids is 1. The first kappa shape index (κ1) is 21.3. The predicted octanol–water partition coefficient (Wildman–Crippen LogP) is 6.27. The molecule has 0 aliphatic heterocycles. The molecule has 1 atom stereocenters. The SMILES string of the molecule is CCCC(Oc1ccc(OC)cc1)C(=O)N=Nc1c(O)[nH]c2c(Br)cc(Br)cc12. The Morgan fingerprint density at radius 1 is 1.21 bits per heavy atom. The molecule has 0 saturated heterocycles. The maximum absolute atomic E-state index is 12.6.